The molecule has 6 nitrogen and oxygen atoms in total. The van der Waals surface area contributed by atoms with Crippen molar-refractivity contribution in [3.05, 3.63) is 28.4 Å². The summed E-state index contributed by atoms with van der Waals surface area (Å²) in [4.78, 5) is 19.4. The Morgan fingerprint density at radius 1 is 1.50 bits per heavy atom. The van der Waals surface area contributed by atoms with Gasteiger partial charge in [0.25, 0.3) is 11.4 Å². The van der Waals surface area contributed by atoms with E-state index < -0.39 is 5.82 Å². The van der Waals surface area contributed by atoms with Gasteiger partial charge in [0.15, 0.2) is 11.5 Å². The lowest BCUT2D eigenvalue weighted by atomic mass is 10.4. The van der Waals surface area contributed by atoms with E-state index in [1.807, 2.05) is 13.8 Å². The summed E-state index contributed by atoms with van der Waals surface area (Å²) in [5.41, 5.74) is 0.262. The van der Waals surface area contributed by atoms with E-state index in [-0.39, 0.29) is 29.8 Å². The maximum atomic E-state index is 13.8. The predicted octanol–water partition coefficient (Wildman–Crippen LogP) is 1.27. The summed E-state index contributed by atoms with van der Waals surface area (Å²) in [6.45, 7) is 4.42. The Labute approximate surface area is 115 Å². The number of rotatable bonds is 5. The number of fused-ring (bicyclic) bond motifs is 1. The number of hydrogen-bond acceptors (Lipinski definition) is 5. The van der Waals surface area contributed by atoms with Crippen molar-refractivity contribution in [3.8, 4) is 5.88 Å². The van der Waals surface area contributed by atoms with E-state index >= 15 is 0 Å². The van der Waals surface area contributed by atoms with E-state index in [4.69, 9.17) is 9.47 Å². The van der Waals surface area contributed by atoms with Crippen LogP contribution in [0.25, 0.3) is 11.2 Å². The van der Waals surface area contributed by atoms with Gasteiger partial charge in [0, 0.05) is 19.7 Å². The maximum absolute atomic E-state index is 13.8. The molecule has 0 bridgehead atoms. The average molecular weight is 281 g/mol. The Balaban J connectivity index is 2.32. The SMILES string of the molecule is CCOC(C)COc1nc2c(cc1F)ncc(=O)n2C. The molecule has 0 radical (unpaired) electrons. The molecule has 0 aliphatic rings. The van der Waals surface area contributed by atoms with Gasteiger partial charge in [0.05, 0.1) is 12.3 Å². The molecule has 2 aromatic heterocycles. The van der Waals surface area contributed by atoms with Crippen molar-refractivity contribution >= 4 is 11.2 Å². The number of ether oxygens (including phenoxy) is 2. The summed E-state index contributed by atoms with van der Waals surface area (Å²) in [6, 6.07) is 1.20. The molecular weight excluding hydrogens is 265 g/mol. The van der Waals surface area contributed by atoms with Crippen LogP contribution >= 0.6 is 0 Å². The van der Waals surface area contributed by atoms with Crippen LogP contribution < -0.4 is 10.3 Å². The van der Waals surface area contributed by atoms with Gasteiger partial charge < -0.3 is 9.47 Å². The first kappa shape index (κ1) is 14.4. The molecule has 1 atom stereocenters. The Kier molecular flexibility index (Phi) is 4.29. The van der Waals surface area contributed by atoms with Crippen LogP contribution in [0.15, 0.2) is 17.1 Å². The number of halogens is 1. The molecule has 0 saturated carbocycles. The molecule has 7 heteroatoms. The van der Waals surface area contributed by atoms with E-state index in [2.05, 4.69) is 9.97 Å². The monoisotopic (exact) mass is 281 g/mol. The third-order valence-electron chi connectivity index (χ3n) is 2.77. The van der Waals surface area contributed by atoms with Crippen LogP contribution in [-0.2, 0) is 11.8 Å². The fraction of sp³-hybridized carbons (Fsp3) is 0.462. The largest absolute Gasteiger partial charge is 0.473 e. The molecule has 0 spiro atoms. The van der Waals surface area contributed by atoms with Crippen molar-refractivity contribution in [1.82, 2.24) is 14.5 Å². The standard InChI is InChI=1S/C13H16FN3O3/c1-4-19-8(2)7-20-13-9(14)5-10-12(16-13)17(3)11(18)6-15-10/h5-6,8H,4,7H2,1-3H3. The topological polar surface area (TPSA) is 66.2 Å². The molecule has 0 aromatic carbocycles. The molecule has 2 rings (SSSR count). The summed E-state index contributed by atoms with van der Waals surface area (Å²) in [5.74, 6) is -0.778. The molecule has 1 unspecified atom stereocenters. The highest BCUT2D eigenvalue weighted by atomic mass is 19.1. The zero-order chi connectivity index (χ0) is 14.7. The lowest BCUT2D eigenvalue weighted by Gasteiger charge is -2.13. The first-order valence-corrected chi connectivity index (χ1v) is 6.29. The number of nitrogens with zero attached hydrogens (tertiary/aromatic N) is 3. The Bertz CT molecular complexity index is 672. The smallest absolute Gasteiger partial charge is 0.270 e. The van der Waals surface area contributed by atoms with Crippen molar-refractivity contribution in [2.45, 2.75) is 20.0 Å². The Hall–Kier alpha value is -2.02. The van der Waals surface area contributed by atoms with Crippen molar-refractivity contribution in [2.75, 3.05) is 13.2 Å². The number of aryl methyl sites for hydroxylation is 1. The molecule has 0 N–H and O–H groups in total. The lowest BCUT2D eigenvalue weighted by Crippen LogP contribution is -2.20. The third kappa shape index (κ3) is 2.93. The zero-order valence-corrected chi connectivity index (χ0v) is 11.6. The fourth-order valence-electron chi connectivity index (χ4n) is 1.74. The van der Waals surface area contributed by atoms with E-state index in [9.17, 15) is 9.18 Å². The van der Waals surface area contributed by atoms with Gasteiger partial charge in [-0.05, 0) is 13.8 Å². The predicted molar refractivity (Wildman–Crippen MR) is 71.3 cm³/mol. The summed E-state index contributed by atoms with van der Waals surface area (Å²) in [5, 5.41) is 0. The van der Waals surface area contributed by atoms with Crippen LogP contribution in [0.1, 0.15) is 13.8 Å². The van der Waals surface area contributed by atoms with Crippen LogP contribution in [0.3, 0.4) is 0 Å². The van der Waals surface area contributed by atoms with E-state index in [1.54, 1.807) is 7.05 Å². The maximum Gasteiger partial charge on any atom is 0.270 e. The molecule has 0 aliphatic carbocycles. The van der Waals surface area contributed by atoms with Crippen LogP contribution in [0, 0.1) is 5.82 Å². The quantitative estimate of drug-likeness (QED) is 0.825. The number of hydrogen-bond donors (Lipinski definition) is 0. The highest BCUT2D eigenvalue weighted by Gasteiger charge is 2.12. The molecule has 0 amide bonds. The summed E-state index contributed by atoms with van der Waals surface area (Å²) in [7, 11) is 1.55. The number of aromatic nitrogens is 3. The van der Waals surface area contributed by atoms with E-state index in [0.717, 1.165) is 6.20 Å². The fourth-order valence-corrected chi connectivity index (χ4v) is 1.74. The second-order valence-corrected chi connectivity index (χ2v) is 4.35. The van der Waals surface area contributed by atoms with Crippen molar-refractivity contribution in [1.29, 1.82) is 0 Å². The molecule has 2 heterocycles. The summed E-state index contributed by atoms with van der Waals surface area (Å²) >= 11 is 0. The average Bonchev–Trinajstić information content (AvgIpc) is 2.42. The lowest BCUT2D eigenvalue weighted by molar-refractivity contribution is 0.0378. The summed E-state index contributed by atoms with van der Waals surface area (Å²) in [6.07, 6.45) is 0.954. The Morgan fingerprint density at radius 3 is 2.95 bits per heavy atom. The van der Waals surface area contributed by atoms with Crippen molar-refractivity contribution in [3.63, 3.8) is 0 Å². The second kappa shape index (κ2) is 5.96. The normalized spacial score (nSPS) is 12.6. The first-order valence-electron chi connectivity index (χ1n) is 6.29. The molecule has 0 fully saturated rings. The Morgan fingerprint density at radius 2 is 2.25 bits per heavy atom. The molecule has 20 heavy (non-hydrogen) atoms. The van der Waals surface area contributed by atoms with Gasteiger partial charge in [-0.3, -0.25) is 9.36 Å². The number of pyridine rings is 1. The molecule has 2 aromatic rings. The van der Waals surface area contributed by atoms with Gasteiger partial charge in [-0.25, -0.2) is 9.37 Å². The van der Waals surface area contributed by atoms with Gasteiger partial charge in [-0.2, -0.15) is 4.98 Å². The van der Waals surface area contributed by atoms with Crippen LogP contribution in [-0.4, -0.2) is 33.9 Å². The molecule has 0 saturated heterocycles. The minimum Gasteiger partial charge on any atom is -0.473 e. The van der Waals surface area contributed by atoms with Gasteiger partial charge in [-0.1, -0.05) is 0 Å². The minimum atomic E-state index is -0.618. The van der Waals surface area contributed by atoms with E-state index in [0.29, 0.717) is 12.1 Å². The van der Waals surface area contributed by atoms with Crippen molar-refractivity contribution in [2.24, 2.45) is 7.05 Å². The highest BCUT2D eigenvalue weighted by molar-refractivity contribution is 5.70. The minimum absolute atomic E-state index is 0.160. The van der Waals surface area contributed by atoms with Gasteiger partial charge in [0.2, 0.25) is 0 Å². The highest BCUT2D eigenvalue weighted by Crippen LogP contribution is 2.18. The molecular formula is C13H16FN3O3. The zero-order valence-electron chi connectivity index (χ0n) is 11.6. The molecule has 0 aliphatic heterocycles. The van der Waals surface area contributed by atoms with Crippen LogP contribution in [0.4, 0.5) is 4.39 Å². The van der Waals surface area contributed by atoms with Crippen molar-refractivity contribution < 1.29 is 13.9 Å². The first-order chi connectivity index (χ1) is 9.52. The van der Waals surface area contributed by atoms with Crippen LogP contribution in [0.5, 0.6) is 5.88 Å². The van der Waals surface area contributed by atoms with Gasteiger partial charge >= 0.3 is 0 Å². The van der Waals surface area contributed by atoms with Gasteiger partial charge in [0.1, 0.15) is 12.1 Å². The third-order valence-corrected chi connectivity index (χ3v) is 2.77. The molecule has 108 valence electrons. The second-order valence-electron chi connectivity index (χ2n) is 4.35. The summed E-state index contributed by atoms with van der Waals surface area (Å²) < 4.78 is 25.7. The van der Waals surface area contributed by atoms with Gasteiger partial charge in [-0.15, -0.1) is 0 Å². The van der Waals surface area contributed by atoms with Crippen LogP contribution in [0.2, 0.25) is 0 Å². The van der Waals surface area contributed by atoms with E-state index in [1.165, 1.54) is 10.6 Å².